The van der Waals surface area contributed by atoms with Crippen LogP contribution in [0.2, 0.25) is 0 Å². The van der Waals surface area contributed by atoms with E-state index in [2.05, 4.69) is 4.99 Å². The average Bonchev–Trinajstić information content (AvgIpc) is 3.19. The van der Waals surface area contributed by atoms with E-state index in [0.717, 1.165) is 33.2 Å². The molecule has 0 aliphatic rings. The topological polar surface area (TPSA) is 62.1 Å². The summed E-state index contributed by atoms with van der Waals surface area (Å²) < 4.78 is 17.7. The molecule has 1 aromatic heterocycles. The van der Waals surface area contributed by atoms with E-state index in [4.69, 9.17) is 14.2 Å². The molecule has 1 amide bonds. The van der Waals surface area contributed by atoms with Crippen LogP contribution in [0.3, 0.4) is 0 Å². The van der Waals surface area contributed by atoms with E-state index < -0.39 is 0 Å². The van der Waals surface area contributed by atoms with Gasteiger partial charge in [-0.05, 0) is 83.9 Å². The third kappa shape index (κ3) is 4.68. The Bertz CT molecular complexity index is 1320. The number of amides is 1. The molecule has 6 nitrogen and oxygen atoms in total. The van der Waals surface area contributed by atoms with Crippen LogP contribution in [0.15, 0.2) is 77.8 Å². The Morgan fingerprint density at radius 2 is 1.18 bits per heavy atom. The number of rotatable bonds is 6. The third-order valence-electron chi connectivity index (χ3n) is 5.28. The van der Waals surface area contributed by atoms with Gasteiger partial charge in [0, 0.05) is 12.6 Å². The van der Waals surface area contributed by atoms with Gasteiger partial charge in [0.15, 0.2) is 4.80 Å². The zero-order valence-corrected chi connectivity index (χ0v) is 19.7. The van der Waals surface area contributed by atoms with Crippen molar-refractivity contribution in [1.82, 2.24) is 4.57 Å². The Morgan fingerprint density at radius 3 is 1.67 bits per heavy atom. The van der Waals surface area contributed by atoms with Crippen molar-refractivity contribution >= 4 is 17.2 Å². The molecule has 1 heterocycles. The van der Waals surface area contributed by atoms with Gasteiger partial charge in [0.05, 0.1) is 31.9 Å². The summed E-state index contributed by atoms with van der Waals surface area (Å²) in [6, 6.07) is 22.6. The van der Waals surface area contributed by atoms with Crippen LogP contribution in [0.25, 0.3) is 21.7 Å². The van der Waals surface area contributed by atoms with Crippen molar-refractivity contribution in [1.29, 1.82) is 0 Å². The Labute approximate surface area is 196 Å². The molecule has 168 valence electrons. The maximum Gasteiger partial charge on any atom is 0.279 e. The van der Waals surface area contributed by atoms with Crippen LogP contribution < -0.4 is 19.0 Å². The second-order valence-electron chi connectivity index (χ2n) is 7.22. The lowest BCUT2D eigenvalue weighted by molar-refractivity contribution is 0.0998. The molecule has 4 aromatic rings. The summed E-state index contributed by atoms with van der Waals surface area (Å²) in [4.78, 5) is 18.9. The fourth-order valence-corrected chi connectivity index (χ4v) is 4.60. The van der Waals surface area contributed by atoms with Crippen LogP contribution >= 0.6 is 11.3 Å². The Kier molecular flexibility index (Phi) is 6.60. The summed E-state index contributed by atoms with van der Waals surface area (Å²) in [6.07, 6.45) is 0. The lowest BCUT2D eigenvalue weighted by Gasteiger charge is -2.09. The number of carbonyl (C=O) groups is 1. The van der Waals surface area contributed by atoms with Gasteiger partial charge in [-0.3, -0.25) is 4.79 Å². The Morgan fingerprint density at radius 1 is 0.727 bits per heavy atom. The minimum atomic E-state index is -0.308. The molecule has 4 rings (SSSR count). The first-order valence-electron chi connectivity index (χ1n) is 10.3. The third-order valence-corrected chi connectivity index (χ3v) is 6.46. The highest BCUT2D eigenvalue weighted by molar-refractivity contribution is 7.13. The molecule has 0 aliphatic carbocycles. The van der Waals surface area contributed by atoms with E-state index in [9.17, 15) is 4.79 Å². The highest BCUT2D eigenvalue weighted by atomic mass is 32.1. The lowest BCUT2D eigenvalue weighted by Crippen LogP contribution is -2.14. The number of thiazole rings is 1. The molecule has 33 heavy (non-hydrogen) atoms. The van der Waals surface area contributed by atoms with Gasteiger partial charge >= 0.3 is 0 Å². The van der Waals surface area contributed by atoms with E-state index in [1.807, 2.05) is 60.1 Å². The van der Waals surface area contributed by atoms with Crippen LogP contribution in [0.4, 0.5) is 0 Å². The predicted octanol–water partition coefficient (Wildman–Crippen LogP) is 5.19. The van der Waals surface area contributed by atoms with Crippen LogP contribution in [0.1, 0.15) is 10.4 Å². The van der Waals surface area contributed by atoms with E-state index in [-0.39, 0.29) is 5.91 Å². The van der Waals surface area contributed by atoms with Crippen molar-refractivity contribution in [2.24, 2.45) is 12.0 Å². The smallest absolute Gasteiger partial charge is 0.279 e. The minimum Gasteiger partial charge on any atom is -0.497 e. The molecule has 0 spiro atoms. The van der Waals surface area contributed by atoms with Crippen molar-refractivity contribution < 1.29 is 19.0 Å². The Balaban J connectivity index is 1.84. The number of aromatic nitrogens is 1. The molecule has 0 saturated carbocycles. The molecule has 0 unspecified atom stereocenters. The van der Waals surface area contributed by atoms with E-state index >= 15 is 0 Å². The van der Waals surface area contributed by atoms with Gasteiger partial charge in [-0.15, -0.1) is 0 Å². The summed E-state index contributed by atoms with van der Waals surface area (Å²) in [6.45, 7) is 0. The van der Waals surface area contributed by atoms with Crippen molar-refractivity contribution in [3.8, 4) is 38.9 Å². The molecular weight excluding hydrogens is 436 g/mol. The standard InChI is InChI=1S/C26H24N2O4S/c1-28-23(17-5-11-20(30-2)12-6-17)24(18-7-13-21(31-3)14-8-18)33-26(28)27-25(29)19-9-15-22(32-4)16-10-19/h5-16H,1-4H3. The molecule has 0 atom stereocenters. The molecule has 7 heteroatoms. The van der Waals surface area contributed by atoms with Crippen molar-refractivity contribution in [2.45, 2.75) is 0 Å². The first kappa shape index (κ1) is 22.4. The molecular formula is C26H24N2O4S. The zero-order chi connectivity index (χ0) is 23.4. The molecule has 0 bridgehead atoms. The van der Waals surface area contributed by atoms with Gasteiger partial charge in [0.1, 0.15) is 17.2 Å². The minimum absolute atomic E-state index is 0.308. The number of benzene rings is 3. The normalized spacial score (nSPS) is 11.3. The van der Waals surface area contributed by atoms with E-state index in [0.29, 0.717) is 16.1 Å². The van der Waals surface area contributed by atoms with Crippen molar-refractivity contribution in [3.63, 3.8) is 0 Å². The largest absolute Gasteiger partial charge is 0.497 e. The van der Waals surface area contributed by atoms with Crippen LogP contribution in [0, 0.1) is 0 Å². The molecule has 0 radical (unpaired) electrons. The van der Waals surface area contributed by atoms with Gasteiger partial charge in [0.25, 0.3) is 5.91 Å². The first-order chi connectivity index (χ1) is 16.0. The zero-order valence-electron chi connectivity index (χ0n) is 18.9. The van der Waals surface area contributed by atoms with Gasteiger partial charge in [-0.25, -0.2) is 0 Å². The second kappa shape index (κ2) is 9.75. The quantitative estimate of drug-likeness (QED) is 0.397. The van der Waals surface area contributed by atoms with Gasteiger partial charge < -0.3 is 18.8 Å². The number of nitrogens with zero attached hydrogens (tertiary/aromatic N) is 2. The van der Waals surface area contributed by atoms with Crippen molar-refractivity contribution in [2.75, 3.05) is 21.3 Å². The van der Waals surface area contributed by atoms with Gasteiger partial charge in [-0.1, -0.05) is 11.3 Å². The lowest BCUT2D eigenvalue weighted by atomic mass is 10.1. The molecule has 0 N–H and O–H groups in total. The summed E-state index contributed by atoms with van der Waals surface area (Å²) in [5, 5.41) is 0. The summed E-state index contributed by atoms with van der Waals surface area (Å²) >= 11 is 1.47. The van der Waals surface area contributed by atoms with Crippen LogP contribution in [-0.2, 0) is 7.05 Å². The van der Waals surface area contributed by atoms with E-state index in [1.54, 1.807) is 45.6 Å². The molecule has 0 aliphatic heterocycles. The number of ether oxygens (including phenoxy) is 3. The number of hydrogen-bond acceptors (Lipinski definition) is 5. The maximum atomic E-state index is 12.9. The average molecular weight is 461 g/mol. The monoisotopic (exact) mass is 460 g/mol. The fourth-order valence-electron chi connectivity index (χ4n) is 3.45. The number of carbonyl (C=O) groups excluding carboxylic acids is 1. The number of hydrogen-bond donors (Lipinski definition) is 0. The van der Waals surface area contributed by atoms with Gasteiger partial charge in [0.2, 0.25) is 0 Å². The second-order valence-corrected chi connectivity index (χ2v) is 8.20. The summed E-state index contributed by atoms with van der Waals surface area (Å²) in [7, 11) is 6.80. The molecule has 0 fully saturated rings. The maximum absolute atomic E-state index is 12.9. The summed E-state index contributed by atoms with van der Waals surface area (Å²) in [5.74, 6) is 1.95. The Hall–Kier alpha value is -3.84. The van der Waals surface area contributed by atoms with Crippen LogP contribution in [0.5, 0.6) is 17.2 Å². The van der Waals surface area contributed by atoms with E-state index in [1.165, 1.54) is 11.3 Å². The number of methoxy groups -OCH3 is 3. The first-order valence-corrected chi connectivity index (χ1v) is 11.1. The summed E-state index contributed by atoms with van der Waals surface area (Å²) in [5.41, 5.74) is 3.48. The van der Waals surface area contributed by atoms with Crippen LogP contribution in [-0.4, -0.2) is 31.8 Å². The van der Waals surface area contributed by atoms with Crippen molar-refractivity contribution in [3.05, 3.63) is 83.2 Å². The van der Waals surface area contributed by atoms with Gasteiger partial charge in [-0.2, -0.15) is 4.99 Å². The molecule has 3 aromatic carbocycles. The highest BCUT2D eigenvalue weighted by Crippen LogP contribution is 2.35. The highest BCUT2D eigenvalue weighted by Gasteiger charge is 2.17. The SMILES string of the molecule is COc1ccc(C(=O)N=c2sc(-c3ccc(OC)cc3)c(-c3ccc(OC)cc3)n2C)cc1. The molecule has 0 saturated heterocycles. The predicted molar refractivity (Wildman–Crippen MR) is 130 cm³/mol. The fraction of sp³-hybridized carbons (Fsp3) is 0.154.